The maximum atomic E-state index is 12.7. The van der Waals surface area contributed by atoms with Crippen molar-refractivity contribution in [2.24, 2.45) is 0 Å². The quantitative estimate of drug-likeness (QED) is 0.325. The zero-order chi connectivity index (χ0) is 22.5. The number of nitro groups is 1. The van der Waals surface area contributed by atoms with E-state index < -0.39 is 32.4 Å². The first-order chi connectivity index (χ1) is 13.9. The van der Waals surface area contributed by atoms with Gasteiger partial charge in [-0.3, -0.25) is 14.9 Å². The van der Waals surface area contributed by atoms with Crippen LogP contribution in [0.25, 0.3) is 0 Å². The molecule has 0 unspecified atom stereocenters. The molecule has 2 aromatic carbocycles. The van der Waals surface area contributed by atoms with Gasteiger partial charge in [-0.25, -0.2) is 13.1 Å². The van der Waals surface area contributed by atoms with Gasteiger partial charge in [0.1, 0.15) is 5.69 Å². The molecule has 0 heterocycles. The van der Waals surface area contributed by atoms with E-state index in [0.717, 1.165) is 6.07 Å². The van der Waals surface area contributed by atoms with Crippen LogP contribution < -0.4 is 15.4 Å². The minimum atomic E-state index is -4.73. The summed E-state index contributed by atoms with van der Waals surface area (Å²) in [6, 6.07) is 7.37. The molecule has 3 N–H and O–H groups in total. The number of carbonyl (C=O) groups excluding carboxylic acids is 1. The molecule has 13 heteroatoms. The first kappa shape index (κ1) is 23.1. The maximum absolute atomic E-state index is 12.7. The van der Waals surface area contributed by atoms with Crippen molar-refractivity contribution in [3.8, 4) is 0 Å². The Balaban J connectivity index is 2.00. The Kier molecular flexibility index (Phi) is 7.00. The predicted octanol–water partition coefficient (Wildman–Crippen LogP) is 2.96. The number of hydrogen-bond acceptors (Lipinski definition) is 6. The molecule has 0 aromatic heterocycles. The lowest BCUT2D eigenvalue weighted by atomic mass is 10.1. The number of amides is 1. The number of rotatable bonds is 8. The number of nitrogens with one attached hydrogen (secondary N) is 3. The summed E-state index contributed by atoms with van der Waals surface area (Å²) in [6.07, 6.45) is -4.73. The number of sulfonamides is 1. The van der Waals surface area contributed by atoms with Gasteiger partial charge in [0.05, 0.1) is 15.4 Å². The topological polar surface area (TPSA) is 130 Å². The van der Waals surface area contributed by atoms with E-state index in [9.17, 15) is 36.5 Å². The molecule has 2 rings (SSSR count). The van der Waals surface area contributed by atoms with Crippen molar-refractivity contribution >= 4 is 33.0 Å². The molecule has 0 saturated carbocycles. The second kappa shape index (κ2) is 9.09. The lowest BCUT2D eigenvalue weighted by molar-refractivity contribution is -0.384. The van der Waals surface area contributed by atoms with E-state index in [1.54, 1.807) is 0 Å². The predicted molar refractivity (Wildman–Crippen MR) is 103 cm³/mol. The van der Waals surface area contributed by atoms with E-state index in [1.165, 1.54) is 31.2 Å². The average molecular weight is 446 g/mol. The molecule has 0 bridgehead atoms. The van der Waals surface area contributed by atoms with Gasteiger partial charge in [-0.05, 0) is 36.4 Å². The van der Waals surface area contributed by atoms with Crippen molar-refractivity contribution in [3.63, 3.8) is 0 Å². The van der Waals surface area contributed by atoms with Crippen LogP contribution in [0.1, 0.15) is 12.5 Å². The van der Waals surface area contributed by atoms with Gasteiger partial charge in [0.2, 0.25) is 15.9 Å². The highest BCUT2D eigenvalue weighted by Gasteiger charge is 2.33. The van der Waals surface area contributed by atoms with Crippen molar-refractivity contribution in [2.75, 3.05) is 23.7 Å². The maximum Gasteiger partial charge on any atom is 0.416 e. The summed E-state index contributed by atoms with van der Waals surface area (Å²) in [4.78, 5) is 21.0. The normalized spacial score (nSPS) is 11.7. The van der Waals surface area contributed by atoms with Crippen LogP contribution in [0.4, 0.5) is 30.2 Å². The Hall–Kier alpha value is -3.19. The smallest absolute Gasteiger partial charge is 0.378 e. The molecule has 0 aliphatic heterocycles. The molecule has 9 nitrogen and oxygen atoms in total. The molecule has 1 amide bonds. The molecule has 2 aromatic rings. The van der Waals surface area contributed by atoms with Crippen LogP contribution in [-0.2, 0) is 21.0 Å². The van der Waals surface area contributed by atoms with Crippen molar-refractivity contribution in [3.05, 3.63) is 58.1 Å². The third-order valence-electron chi connectivity index (χ3n) is 3.74. The van der Waals surface area contributed by atoms with E-state index >= 15 is 0 Å². The van der Waals surface area contributed by atoms with Crippen molar-refractivity contribution < 1.29 is 31.3 Å². The summed E-state index contributed by atoms with van der Waals surface area (Å²) in [6.45, 7) is 1.00. The van der Waals surface area contributed by atoms with Crippen LogP contribution in [0.15, 0.2) is 47.4 Å². The molecule has 162 valence electrons. The molecular formula is C17H17F3N4O5S. The molecular weight excluding hydrogens is 429 g/mol. The first-order valence-electron chi connectivity index (χ1n) is 8.37. The van der Waals surface area contributed by atoms with Gasteiger partial charge in [-0.15, -0.1) is 0 Å². The Morgan fingerprint density at radius 1 is 1.10 bits per heavy atom. The molecule has 0 radical (unpaired) electrons. The number of benzene rings is 2. The van der Waals surface area contributed by atoms with Crippen molar-refractivity contribution in [2.45, 2.75) is 18.0 Å². The fourth-order valence-electron chi connectivity index (χ4n) is 2.40. The SMILES string of the molecule is CC(=O)Nc1ccc(S(=O)(=O)NCCNc2ccc(C(F)(F)F)cc2[N+](=O)[O-])cc1. The second-order valence-corrected chi connectivity index (χ2v) is 7.78. The van der Waals surface area contributed by atoms with Crippen LogP contribution in [0.2, 0.25) is 0 Å². The molecule has 0 atom stereocenters. The zero-order valence-corrected chi connectivity index (χ0v) is 16.3. The van der Waals surface area contributed by atoms with Gasteiger partial charge < -0.3 is 10.6 Å². The highest BCUT2D eigenvalue weighted by molar-refractivity contribution is 7.89. The number of anilines is 2. The van der Waals surface area contributed by atoms with Crippen molar-refractivity contribution in [1.29, 1.82) is 0 Å². The monoisotopic (exact) mass is 446 g/mol. The van der Waals surface area contributed by atoms with E-state index in [0.29, 0.717) is 17.8 Å². The number of hydrogen-bond donors (Lipinski definition) is 3. The van der Waals surface area contributed by atoms with E-state index in [2.05, 4.69) is 15.4 Å². The van der Waals surface area contributed by atoms with Crippen LogP contribution in [-0.4, -0.2) is 32.3 Å². The summed E-state index contributed by atoms with van der Waals surface area (Å²) >= 11 is 0. The largest absolute Gasteiger partial charge is 0.416 e. The molecule has 0 aliphatic carbocycles. The second-order valence-electron chi connectivity index (χ2n) is 6.02. The number of nitrogens with zero attached hydrogens (tertiary/aromatic N) is 1. The van der Waals surface area contributed by atoms with Gasteiger partial charge in [0.15, 0.2) is 0 Å². The van der Waals surface area contributed by atoms with Gasteiger partial charge in [-0.1, -0.05) is 0 Å². The fourth-order valence-corrected chi connectivity index (χ4v) is 3.43. The number of alkyl halides is 3. The van der Waals surface area contributed by atoms with Gasteiger partial charge in [0, 0.05) is 31.8 Å². The summed E-state index contributed by atoms with van der Waals surface area (Å²) < 4.78 is 64.9. The summed E-state index contributed by atoms with van der Waals surface area (Å²) in [5.41, 5.74) is -1.70. The molecule has 30 heavy (non-hydrogen) atoms. The van der Waals surface area contributed by atoms with Gasteiger partial charge in [0.25, 0.3) is 5.69 Å². The number of halogens is 3. The third kappa shape index (κ3) is 6.15. The van der Waals surface area contributed by atoms with Crippen LogP contribution in [0.5, 0.6) is 0 Å². The minimum Gasteiger partial charge on any atom is -0.378 e. The Bertz CT molecular complexity index is 1040. The molecule has 0 fully saturated rings. The van der Waals surface area contributed by atoms with Crippen LogP contribution >= 0.6 is 0 Å². The standard InChI is InChI=1S/C17H17F3N4O5S/c1-11(25)23-13-3-5-14(6-4-13)30(28,29)22-9-8-21-15-7-2-12(17(18,19)20)10-16(15)24(26)27/h2-7,10,21-22H,8-9H2,1H3,(H,23,25). The van der Waals surface area contributed by atoms with Gasteiger partial charge in [-0.2, -0.15) is 13.2 Å². The minimum absolute atomic E-state index is 0.0721. The first-order valence-corrected chi connectivity index (χ1v) is 9.85. The number of carbonyl (C=O) groups is 1. The summed E-state index contributed by atoms with van der Waals surface area (Å²) in [7, 11) is -3.90. The highest BCUT2D eigenvalue weighted by Crippen LogP contribution is 2.34. The Morgan fingerprint density at radius 3 is 2.27 bits per heavy atom. The van der Waals surface area contributed by atoms with E-state index in [1.807, 2.05) is 0 Å². The summed E-state index contributed by atoms with van der Waals surface area (Å²) in [5, 5.41) is 16.1. The van der Waals surface area contributed by atoms with Crippen LogP contribution in [0, 0.1) is 10.1 Å². The molecule has 0 spiro atoms. The number of nitro benzene ring substituents is 1. The fraction of sp³-hybridized carbons (Fsp3) is 0.235. The highest BCUT2D eigenvalue weighted by atomic mass is 32.2. The van der Waals surface area contributed by atoms with Gasteiger partial charge >= 0.3 is 6.18 Å². The van der Waals surface area contributed by atoms with Crippen molar-refractivity contribution in [1.82, 2.24) is 4.72 Å². The average Bonchev–Trinajstić information content (AvgIpc) is 2.64. The summed E-state index contributed by atoms with van der Waals surface area (Å²) in [5.74, 6) is -0.313. The molecule has 0 saturated heterocycles. The Morgan fingerprint density at radius 2 is 1.73 bits per heavy atom. The Labute approximate surface area is 169 Å². The lowest BCUT2D eigenvalue weighted by Gasteiger charge is -2.11. The van der Waals surface area contributed by atoms with Crippen LogP contribution in [0.3, 0.4) is 0 Å². The molecule has 0 aliphatic rings. The van der Waals surface area contributed by atoms with E-state index in [4.69, 9.17) is 0 Å². The van der Waals surface area contributed by atoms with E-state index in [-0.39, 0.29) is 29.6 Å². The zero-order valence-electron chi connectivity index (χ0n) is 15.5. The lowest BCUT2D eigenvalue weighted by Crippen LogP contribution is -2.29. The third-order valence-corrected chi connectivity index (χ3v) is 5.22.